The lowest BCUT2D eigenvalue weighted by molar-refractivity contribution is 0.0810. The van der Waals surface area contributed by atoms with Gasteiger partial charge in [0.1, 0.15) is 0 Å². The number of hydrogen-bond donors (Lipinski definition) is 1. The van der Waals surface area contributed by atoms with Crippen LogP contribution >= 0.6 is 0 Å². The third-order valence-electron chi connectivity index (χ3n) is 3.08. The lowest BCUT2D eigenvalue weighted by Crippen LogP contribution is -2.22. The Morgan fingerprint density at radius 2 is 2.18 bits per heavy atom. The highest BCUT2D eigenvalue weighted by Gasteiger charge is 2.44. The second-order valence-electron chi connectivity index (χ2n) is 5.42. The van der Waals surface area contributed by atoms with Crippen molar-refractivity contribution >= 4 is 6.08 Å². The Hall–Kier alpha value is -1.44. The predicted molar refractivity (Wildman–Crippen MR) is 65.5 cm³/mol. The zero-order valence-corrected chi connectivity index (χ0v) is 10.2. The van der Waals surface area contributed by atoms with E-state index in [1.807, 2.05) is 24.3 Å². The first kappa shape index (κ1) is 12.0. The summed E-state index contributed by atoms with van der Waals surface area (Å²) in [6.45, 7) is 3.58. The highest BCUT2D eigenvalue weighted by Crippen LogP contribution is 2.49. The molecule has 1 saturated carbocycles. The zero-order valence-electron chi connectivity index (χ0n) is 10.2. The second kappa shape index (κ2) is 4.10. The Kier molecular flexibility index (Phi) is 2.90. The summed E-state index contributed by atoms with van der Waals surface area (Å²) in [6, 6.07) is 7.96. The van der Waals surface area contributed by atoms with Crippen LogP contribution in [-0.4, -0.2) is 16.8 Å². The molecular weight excluding hydrogens is 214 g/mol. The topological polar surface area (TPSA) is 49.7 Å². The molecule has 0 spiro atoms. The van der Waals surface area contributed by atoms with Crippen molar-refractivity contribution in [2.45, 2.75) is 44.2 Å². The third-order valence-corrected chi connectivity index (χ3v) is 3.08. The number of rotatable bonds is 4. The fourth-order valence-electron chi connectivity index (χ4n) is 2.14. The molecule has 2 rings (SSSR count). The Bertz CT molecular complexity index is 463. The summed E-state index contributed by atoms with van der Waals surface area (Å²) in [4.78, 5) is 14.3. The first-order valence-corrected chi connectivity index (χ1v) is 5.86. The van der Waals surface area contributed by atoms with Gasteiger partial charge in [0, 0.05) is 6.42 Å². The molecule has 1 fully saturated rings. The number of aliphatic hydroxyl groups is 1. The molecule has 0 radical (unpaired) electrons. The molecule has 0 heterocycles. The number of nitrogens with zero attached hydrogens (tertiary/aromatic N) is 1. The fraction of sp³-hybridized carbons (Fsp3) is 0.500. The van der Waals surface area contributed by atoms with Gasteiger partial charge in [-0.3, -0.25) is 0 Å². The number of carbonyl (C=O) groups excluding carboxylic acids is 1. The normalized spacial score (nSPS) is 17.4. The van der Waals surface area contributed by atoms with Crippen LogP contribution in [0.5, 0.6) is 0 Å². The van der Waals surface area contributed by atoms with Crippen LogP contribution in [0.4, 0.5) is 0 Å². The number of hydrogen-bond acceptors (Lipinski definition) is 3. The smallest absolute Gasteiger partial charge is 0.235 e. The molecule has 1 aromatic rings. The van der Waals surface area contributed by atoms with Crippen molar-refractivity contribution in [2.24, 2.45) is 4.99 Å². The van der Waals surface area contributed by atoms with Crippen molar-refractivity contribution < 1.29 is 9.90 Å². The summed E-state index contributed by atoms with van der Waals surface area (Å²) in [5.41, 5.74) is 1.09. The lowest BCUT2D eigenvalue weighted by Gasteiger charge is -2.18. The van der Waals surface area contributed by atoms with Crippen LogP contribution in [0, 0.1) is 0 Å². The first-order valence-electron chi connectivity index (χ1n) is 5.86. The SMILES string of the molecule is CC(C)(O)Cc1cccc(C2(N=C=O)CC2)c1. The predicted octanol–water partition coefficient (Wildman–Crippen LogP) is 2.32. The Morgan fingerprint density at radius 1 is 1.47 bits per heavy atom. The monoisotopic (exact) mass is 231 g/mol. The van der Waals surface area contributed by atoms with Gasteiger partial charge >= 0.3 is 0 Å². The lowest BCUT2D eigenvalue weighted by atomic mass is 9.95. The van der Waals surface area contributed by atoms with Gasteiger partial charge in [-0.25, -0.2) is 4.79 Å². The van der Waals surface area contributed by atoms with Gasteiger partial charge in [0.2, 0.25) is 6.08 Å². The van der Waals surface area contributed by atoms with Crippen molar-refractivity contribution in [3.05, 3.63) is 35.4 Å². The molecule has 1 aliphatic carbocycles. The maximum atomic E-state index is 10.4. The Labute approximate surface area is 101 Å². The molecule has 17 heavy (non-hydrogen) atoms. The minimum Gasteiger partial charge on any atom is -0.390 e. The van der Waals surface area contributed by atoms with E-state index in [9.17, 15) is 9.90 Å². The minimum atomic E-state index is -0.719. The van der Waals surface area contributed by atoms with E-state index >= 15 is 0 Å². The maximum absolute atomic E-state index is 10.4. The van der Waals surface area contributed by atoms with Crippen molar-refractivity contribution in [2.75, 3.05) is 0 Å². The number of benzene rings is 1. The van der Waals surface area contributed by atoms with Crippen LogP contribution in [0.25, 0.3) is 0 Å². The van der Waals surface area contributed by atoms with Crippen LogP contribution in [-0.2, 0) is 16.8 Å². The molecule has 1 aromatic carbocycles. The average molecular weight is 231 g/mol. The van der Waals surface area contributed by atoms with Crippen LogP contribution < -0.4 is 0 Å². The van der Waals surface area contributed by atoms with Gasteiger partial charge in [0.25, 0.3) is 0 Å². The van der Waals surface area contributed by atoms with Crippen LogP contribution in [0.3, 0.4) is 0 Å². The number of isocyanates is 1. The van der Waals surface area contributed by atoms with E-state index in [0.29, 0.717) is 6.42 Å². The highest BCUT2D eigenvalue weighted by atomic mass is 16.3. The quantitative estimate of drug-likeness (QED) is 0.638. The molecule has 0 atom stereocenters. The van der Waals surface area contributed by atoms with Crippen LogP contribution in [0.1, 0.15) is 37.8 Å². The van der Waals surface area contributed by atoms with Crippen molar-refractivity contribution in [3.63, 3.8) is 0 Å². The molecule has 0 amide bonds. The summed E-state index contributed by atoms with van der Waals surface area (Å²) in [7, 11) is 0. The molecule has 3 nitrogen and oxygen atoms in total. The zero-order chi connectivity index (χ0) is 12.5. The molecule has 0 unspecified atom stereocenters. The average Bonchev–Trinajstić information content (AvgIpc) is 2.97. The molecule has 0 saturated heterocycles. The van der Waals surface area contributed by atoms with Crippen molar-refractivity contribution in [1.29, 1.82) is 0 Å². The number of aliphatic imine (C=N–C) groups is 1. The summed E-state index contributed by atoms with van der Waals surface area (Å²) in [6.07, 6.45) is 4.08. The van der Waals surface area contributed by atoms with E-state index in [1.54, 1.807) is 19.9 Å². The second-order valence-corrected chi connectivity index (χ2v) is 5.42. The summed E-state index contributed by atoms with van der Waals surface area (Å²) in [5, 5.41) is 9.80. The van der Waals surface area contributed by atoms with E-state index < -0.39 is 5.60 Å². The first-order chi connectivity index (χ1) is 7.95. The van der Waals surface area contributed by atoms with Gasteiger partial charge in [-0.05, 0) is 37.8 Å². The van der Waals surface area contributed by atoms with E-state index in [4.69, 9.17) is 0 Å². The van der Waals surface area contributed by atoms with Crippen molar-refractivity contribution in [1.82, 2.24) is 0 Å². The van der Waals surface area contributed by atoms with Gasteiger partial charge in [-0.15, -0.1) is 0 Å². The van der Waals surface area contributed by atoms with Gasteiger partial charge in [-0.2, -0.15) is 4.99 Å². The maximum Gasteiger partial charge on any atom is 0.235 e. The van der Waals surface area contributed by atoms with Crippen molar-refractivity contribution in [3.8, 4) is 0 Å². The molecule has 3 heteroatoms. The fourth-order valence-corrected chi connectivity index (χ4v) is 2.14. The molecule has 0 aromatic heterocycles. The van der Waals surface area contributed by atoms with Gasteiger partial charge in [0.15, 0.2) is 0 Å². The van der Waals surface area contributed by atoms with Crippen LogP contribution in [0.2, 0.25) is 0 Å². The van der Waals surface area contributed by atoms with E-state index in [-0.39, 0.29) is 5.54 Å². The largest absolute Gasteiger partial charge is 0.390 e. The van der Waals surface area contributed by atoms with Gasteiger partial charge < -0.3 is 5.11 Å². The van der Waals surface area contributed by atoms with E-state index in [0.717, 1.165) is 24.0 Å². The van der Waals surface area contributed by atoms with Gasteiger partial charge in [0.05, 0.1) is 11.1 Å². The van der Waals surface area contributed by atoms with Crippen LogP contribution in [0.15, 0.2) is 29.3 Å². The summed E-state index contributed by atoms with van der Waals surface area (Å²) >= 11 is 0. The minimum absolute atomic E-state index is 0.322. The Balaban J connectivity index is 2.26. The third kappa shape index (κ3) is 2.82. The highest BCUT2D eigenvalue weighted by molar-refractivity contribution is 5.42. The van der Waals surface area contributed by atoms with E-state index in [2.05, 4.69) is 4.99 Å². The molecule has 1 N–H and O–H groups in total. The molecular formula is C14H17NO2. The molecule has 90 valence electrons. The molecule has 0 bridgehead atoms. The standard InChI is InChI=1S/C14H17NO2/c1-13(2,17)9-11-4-3-5-12(8-11)14(6-7-14)15-10-16/h3-5,8,17H,6-7,9H2,1-2H3. The molecule has 0 aliphatic heterocycles. The molecule has 1 aliphatic rings. The summed E-state index contributed by atoms with van der Waals surface area (Å²) in [5.74, 6) is 0. The Morgan fingerprint density at radius 3 is 2.71 bits per heavy atom. The van der Waals surface area contributed by atoms with Gasteiger partial charge in [-0.1, -0.05) is 24.3 Å². The van der Waals surface area contributed by atoms with E-state index in [1.165, 1.54) is 0 Å². The summed E-state index contributed by atoms with van der Waals surface area (Å²) < 4.78 is 0.